The molecule has 0 atom stereocenters. The number of thiophene rings is 1. The van der Waals surface area contributed by atoms with Gasteiger partial charge in [-0.3, -0.25) is 4.90 Å². The van der Waals surface area contributed by atoms with Crippen LogP contribution in [-0.4, -0.2) is 86.2 Å². The Bertz CT molecular complexity index is 1240. The van der Waals surface area contributed by atoms with Crippen LogP contribution in [0.4, 0.5) is 5.00 Å². The van der Waals surface area contributed by atoms with Crippen molar-refractivity contribution in [1.82, 2.24) is 9.21 Å². The summed E-state index contributed by atoms with van der Waals surface area (Å²) in [5, 5.41) is 3.61. The molecule has 2 heterocycles. The number of benzene rings is 1. The maximum absolute atomic E-state index is 12.7. The highest BCUT2D eigenvalue weighted by atomic mass is 35.5. The van der Waals surface area contributed by atoms with Gasteiger partial charge in [0.2, 0.25) is 19.9 Å². The van der Waals surface area contributed by atoms with Crippen LogP contribution in [0.1, 0.15) is 0 Å². The van der Waals surface area contributed by atoms with Gasteiger partial charge in [-0.05, 0) is 36.4 Å². The maximum Gasteiger partial charge on any atom is 0.216 e. The van der Waals surface area contributed by atoms with E-state index in [4.69, 9.17) is 0 Å². The van der Waals surface area contributed by atoms with Crippen LogP contribution >= 0.6 is 36.2 Å². The molecule has 0 bridgehead atoms. The zero-order valence-corrected chi connectivity index (χ0v) is 22.9. The van der Waals surface area contributed by atoms with E-state index < -0.39 is 29.7 Å². The first kappa shape index (κ1) is 30.1. The standard InChI is InChI=1S/C18H25N3O6S4.2ClH/c1-19-17-7-8-18(28-17)31(26,27)16-5-3-15(4-6-16)30(24,25)14-13-20-9-11-21(12-10-20)29(2,22)23;;/h3-8,19H,9-14H2,1-2H3;2*1H. The van der Waals surface area contributed by atoms with Crippen molar-refractivity contribution in [2.75, 3.05) is 57.1 Å². The number of nitrogens with one attached hydrogen (secondary N) is 1. The predicted octanol–water partition coefficient (Wildman–Crippen LogP) is 1.82. The number of nitrogens with zero attached hydrogens (tertiary/aromatic N) is 2. The molecule has 3 rings (SSSR count). The molecule has 15 heteroatoms. The zero-order valence-electron chi connectivity index (χ0n) is 18.0. The largest absolute Gasteiger partial charge is 0.380 e. The molecule has 0 amide bonds. The molecule has 1 N–H and O–H groups in total. The van der Waals surface area contributed by atoms with Crippen LogP contribution in [-0.2, 0) is 29.7 Å². The minimum absolute atomic E-state index is 0. The van der Waals surface area contributed by atoms with E-state index in [2.05, 4.69) is 5.32 Å². The van der Waals surface area contributed by atoms with Gasteiger partial charge < -0.3 is 5.32 Å². The highest BCUT2D eigenvalue weighted by molar-refractivity contribution is 7.93. The Hall–Kier alpha value is -0.930. The molecule has 0 aliphatic carbocycles. The van der Waals surface area contributed by atoms with Gasteiger partial charge >= 0.3 is 0 Å². The quantitative estimate of drug-likeness (QED) is 0.502. The van der Waals surface area contributed by atoms with Crippen LogP contribution in [0.5, 0.6) is 0 Å². The second-order valence-electron chi connectivity index (χ2n) is 7.17. The summed E-state index contributed by atoms with van der Waals surface area (Å²) in [5.41, 5.74) is 0. The summed E-state index contributed by atoms with van der Waals surface area (Å²) in [6, 6.07) is 8.44. The van der Waals surface area contributed by atoms with Crippen LogP contribution in [0.25, 0.3) is 0 Å². The first-order valence-corrected chi connectivity index (χ1v) is 15.3. The van der Waals surface area contributed by atoms with Gasteiger partial charge in [0.1, 0.15) is 4.21 Å². The van der Waals surface area contributed by atoms with E-state index in [1.807, 2.05) is 4.90 Å². The number of sulfone groups is 2. The molecule has 0 radical (unpaired) electrons. The van der Waals surface area contributed by atoms with Crippen LogP contribution in [0.3, 0.4) is 0 Å². The van der Waals surface area contributed by atoms with E-state index in [-0.39, 0.29) is 51.1 Å². The van der Waals surface area contributed by atoms with E-state index >= 15 is 0 Å². The van der Waals surface area contributed by atoms with E-state index in [0.717, 1.165) is 22.6 Å². The van der Waals surface area contributed by atoms with Crippen molar-refractivity contribution >= 4 is 70.8 Å². The lowest BCUT2D eigenvalue weighted by molar-refractivity contribution is 0.197. The zero-order chi connectivity index (χ0) is 22.9. The molecule has 1 fully saturated rings. The van der Waals surface area contributed by atoms with Crippen molar-refractivity contribution in [3.63, 3.8) is 0 Å². The molecule has 33 heavy (non-hydrogen) atoms. The van der Waals surface area contributed by atoms with Crippen molar-refractivity contribution in [3.05, 3.63) is 36.4 Å². The average Bonchev–Trinajstić information content (AvgIpc) is 3.22. The minimum Gasteiger partial charge on any atom is -0.380 e. The van der Waals surface area contributed by atoms with Crippen molar-refractivity contribution in [1.29, 1.82) is 0 Å². The van der Waals surface area contributed by atoms with E-state index in [9.17, 15) is 25.3 Å². The van der Waals surface area contributed by atoms with E-state index in [1.54, 1.807) is 13.1 Å². The number of anilines is 1. The van der Waals surface area contributed by atoms with Crippen molar-refractivity contribution < 1.29 is 25.3 Å². The monoisotopic (exact) mass is 579 g/mol. The third-order valence-corrected chi connectivity index (χ3v) is 11.4. The molecule has 0 saturated carbocycles. The predicted molar refractivity (Wildman–Crippen MR) is 135 cm³/mol. The van der Waals surface area contributed by atoms with Crippen LogP contribution in [0, 0.1) is 0 Å². The fraction of sp³-hybridized carbons (Fsp3) is 0.444. The summed E-state index contributed by atoms with van der Waals surface area (Å²) in [6.07, 6.45) is 1.16. The topological polar surface area (TPSA) is 121 Å². The van der Waals surface area contributed by atoms with Gasteiger partial charge in [0.25, 0.3) is 0 Å². The number of hydrogen-bond donors (Lipinski definition) is 1. The molecule has 1 saturated heterocycles. The van der Waals surface area contributed by atoms with E-state index in [0.29, 0.717) is 26.2 Å². The SMILES string of the molecule is CNc1ccc(S(=O)(=O)c2ccc(S(=O)(=O)CCN3CCN(S(C)(=O)=O)CC3)cc2)s1.Cl.Cl. The van der Waals surface area contributed by atoms with Gasteiger partial charge in [-0.15, -0.1) is 36.2 Å². The highest BCUT2D eigenvalue weighted by Crippen LogP contribution is 2.31. The highest BCUT2D eigenvalue weighted by Gasteiger charge is 2.25. The van der Waals surface area contributed by atoms with Gasteiger partial charge in [-0.25, -0.2) is 25.3 Å². The number of piperazine rings is 1. The summed E-state index contributed by atoms with van der Waals surface area (Å²) in [5.74, 6) is -0.131. The minimum atomic E-state index is -3.72. The Labute approximate surface area is 211 Å². The summed E-state index contributed by atoms with van der Waals surface area (Å²) in [4.78, 5) is 2.00. The maximum atomic E-state index is 12.7. The van der Waals surface area contributed by atoms with Crippen LogP contribution in [0.2, 0.25) is 0 Å². The summed E-state index contributed by atoms with van der Waals surface area (Å²) >= 11 is 1.11. The molecule has 1 aliphatic heterocycles. The summed E-state index contributed by atoms with van der Waals surface area (Å²) in [6.45, 7) is 1.89. The van der Waals surface area contributed by atoms with Crippen LogP contribution < -0.4 is 5.32 Å². The lowest BCUT2D eigenvalue weighted by Gasteiger charge is -2.33. The first-order chi connectivity index (χ1) is 14.4. The Morgan fingerprint density at radius 1 is 0.848 bits per heavy atom. The average molecular weight is 581 g/mol. The molecule has 0 spiro atoms. The third kappa shape index (κ3) is 7.28. The molecule has 1 aromatic heterocycles. The lowest BCUT2D eigenvalue weighted by atomic mass is 10.4. The third-order valence-electron chi connectivity index (χ3n) is 5.06. The second-order valence-corrected chi connectivity index (χ2v) is 14.5. The Kier molecular flexibility index (Phi) is 10.6. The van der Waals surface area contributed by atoms with Gasteiger partial charge in [0, 0.05) is 39.8 Å². The van der Waals surface area contributed by atoms with Crippen LogP contribution in [0.15, 0.2) is 50.4 Å². The molecule has 1 aliphatic rings. The number of sulfonamides is 1. The molecule has 0 unspecified atom stereocenters. The lowest BCUT2D eigenvalue weighted by Crippen LogP contribution is -2.49. The number of hydrogen-bond acceptors (Lipinski definition) is 9. The summed E-state index contributed by atoms with van der Waals surface area (Å²) < 4.78 is 75.5. The van der Waals surface area contributed by atoms with Gasteiger partial charge in [0.05, 0.1) is 26.8 Å². The fourth-order valence-corrected chi connectivity index (χ4v) is 7.87. The Morgan fingerprint density at radius 3 is 1.88 bits per heavy atom. The molecular formula is C18H27Cl2N3O6S4. The Balaban J connectivity index is 0.00000272. The molecule has 1 aromatic carbocycles. The van der Waals surface area contributed by atoms with Crippen molar-refractivity contribution in [3.8, 4) is 0 Å². The first-order valence-electron chi connectivity index (χ1n) is 9.46. The normalized spacial score (nSPS) is 15.9. The van der Waals surface area contributed by atoms with Crippen molar-refractivity contribution in [2.24, 2.45) is 0 Å². The van der Waals surface area contributed by atoms with Gasteiger partial charge in [-0.2, -0.15) is 4.31 Å². The van der Waals surface area contributed by atoms with Gasteiger partial charge in [-0.1, -0.05) is 0 Å². The molecular weight excluding hydrogens is 553 g/mol. The van der Waals surface area contributed by atoms with Gasteiger partial charge in [0.15, 0.2) is 9.84 Å². The second kappa shape index (κ2) is 11.7. The number of halogens is 2. The molecule has 188 valence electrons. The van der Waals surface area contributed by atoms with E-state index in [1.165, 1.54) is 34.6 Å². The summed E-state index contributed by atoms with van der Waals surface area (Å²) in [7, 11) is -8.85. The molecule has 9 nitrogen and oxygen atoms in total. The number of rotatable bonds is 8. The Morgan fingerprint density at radius 2 is 1.39 bits per heavy atom. The fourth-order valence-electron chi connectivity index (χ4n) is 3.19. The molecule has 2 aromatic rings. The van der Waals surface area contributed by atoms with Crippen molar-refractivity contribution in [2.45, 2.75) is 14.0 Å². The smallest absolute Gasteiger partial charge is 0.216 e.